The first-order valence-corrected chi connectivity index (χ1v) is 8.80. The molecule has 9 heteroatoms. The summed E-state index contributed by atoms with van der Waals surface area (Å²) in [7, 11) is 1.90. The van der Waals surface area contributed by atoms with Gasteiger partial charge in [-0.05, 0) is 24.6 Å². The lowest BCUT2D eigenvalue weighted by Crippen LogP contribution is -2.37. The van der Waals surface area contributed by atoms with Crippen molar-refractivity contribution in [3.8, 4) is 0 Å². The molecule has 0 N–H and O–H groups in total. The lowest BCUT2D eigenvalue weighted by Gasteiger charge is -2.27. The van der Waals surface area contributed by atoms with Crippen LogP contribution in [-0.4, -0.2) is 41.1 Å². The summed E-state index contributed by atoms with van der Waals surface area (Å²) in [6, 6.07) is 5.25. The van der Waals surface area contributed by atoms with Crippen LogP contribution in [0.2, 0.25) is 0 Å². The van der Waals surface area contributed by atoms with Crippen molar-refractivity contribution in [2.75, 3.05) is 31.2 Å². The molecule has 0 aliphatic carbocycles. The first-order valence-electron chi connectivity index (χ1n) is 7.92. The maximum absolute atomic E-state index is 12.7. The van der Waals surface area contributed by atoms with E-state index < -0.39 is 11.7 Å². The number of morpholine rings is 1. The van der Waals surface area contributed by atoms with Gasteiger partial charge in [0.05, 0.1) is 18.8 Å². The van der Waals surface area contributed by atoms with Gasteiger partial charge in [-0.2, -0.15) is 13.2 Å². The average Bonchev–Trinajstić information content (AvgIpc) is 2.96. The van der Waals surface area contributed by atoms with Gasteiger partial charge in [-0.25, -0.2) is 0 Å². The van der Waals surface area contributed by atoms with E-state index in [1.807, 2.05) is 18.5 Å². The largest absolute Gasteiger partial charge is 0.416 e. The van der Waals surface area contributed by atoms with Crippen LogP contribution in [0.25, 0.3) is 0 Å². The van der Waals surface area contributed by atoms with Gasteiger partial charge in [0.1, 0.15) is 0 Å². The molecule has 0 amide bonds. The molecule has 1 fully saturated rings. The molecule has 0 radical (unpaired) electrons. The molecular formula is C16H19F3N4OS. The van der Waals surface area contributed by atoms with Crippen molar-refractivity contribution >= 4 is 17.7 Å². The van der Waals surface area contributed by atoms with Crippen molar-refractivity contribution < 1.29 is 17.9 Å². The SMILES string of the molecule is CC(Sc1nnc(N2CCOCC2)n1C)c1ccc(C(F)(F)F)cc1. The van der Waals surface area contributed by atoms with Crippen LogP contribution in [0.4, 0.5) is 19.1 Å². The minimum Gasteiger partial charge on any atom is -0.378 e. The van der Waals surface area contributed by atoms with Crippen LogP contribution < -0.4 is 4.90 Å². The summed E-state index contributed by atoms with van der Waals surface area (Å²) < 4.78 is 45.2. The molecule has 25 heavy (non-hydrogen) atoms. The van der Waals surface area contributed by atoms with Gasteiger partial charge in [0.15, 0.2) is 5.16 Å². The number of hydrogen-bond acceptors (Lipinski definition) is 5. The molecule has 1 unspecified atom stereocenters. The Morgan fingerprint density at radius 2 is 1.76 bits per heavy atom. The first kappa shape index (κ1) is 18.1. The third-order valence-corrected chi connectivity index (χ3v) is 5.29. The smallest absolute Gasteiger partial charge is 0.378 e. The Bertz CT molecular complexity index is 711. The van der Waals surface area contributed by atoms with Crippen LogP contribution in [-0.2, 0) is 18.0 Å². The molecule has 1 atom stereocenters. The predicted octanol–water partition coefficient (Wildman–Crippen LogP) is 3.52. The minimum atomic E-state index is -4.31. The van der Waals surface area contributed by atoms with Gasteiger partial charge in [-0.3, -0.25) is 4.57 Å². The van der Waals surface area contributed by atoms with Crippen molar-refractivity contribution in [2.45, 2.75) is 23.5 Å². The molecule has 1 aromatic heterocycles. The number of ether oxygens (including phenoxy) is 1. The van der Waals surface area contributed by atoms with E-state index in [9.17, 15) is 13.2 Å². The normalized spacial score (nSPS) is 16.9. The molecule has 5 nitrogen and oxygen atoms in total. The van der Waals surface area contributed by atoms with Gasteiger partial charge in [0, 0.05) is 25.4 Å². The highest BCUT2D eigenvalue weighted by Crippen LogP contribution is 2.36. The quantitative estimate of drug-likeness (QED) is 0.769. The van der Waals surface area contributed by atoms with Crippen LogP contribution >= 0.6 is 11.8 Å². The number of aromatic nitrogens is 3. The number of thioether (sulfide) groups is 1. The number of anilines is 1. The highest BCUT2D eigenvalue weighted by Gasteiger charge is 2.30. The molecule has 2 aromatic rings. The lowest BCUT2D eigenvalue weighted by molar-refractivity contribution is -0.137. The Morgan fingerprint density at radius 3 is 2.36 bits per heavy atom. The van der Waals surface area contributed by atoms with E-state index in [-0.39, 0.29) is 5.25 Å². The van der Waals surface area contributed by atoms with Crippen LogP contribution in [0, 0.1) is 0 Å². The monoisotopic (exact) mass is 372 g/mol. The van der Waals surface area contributed by atoms with Crippen LogP contribution in [0.15, 0.2) is 29.4 Å². The van der Waals surface area contributed by atoms with Crippen LogP contribution in [0.3, 0.4) is 0 Å². The topological polar surface area (TPSA) is 43.2 Å². The fourth-order valence-electron chi connectivity index (χ4n) is 2.62. The number of halogens is 3. The Kier molecular flexibility index (Phi) is 5.24. The molecule has 3 rings (SSSR count). The van der Waals surface area contributed by atoms with Crippen LogP contribution in [0.1, 0.15) is 23.3 Å². The molecule has 1 saturated heterocycles. The van der Waals surface area contributed by atoms with E-state index in [2.05, 4.69) is 15.1 Å². The summed E-state index contributed by atoms with van der Waals surface area (Å²) in [5.74, 6) is 0.783. The molecule has 136 valence electrons. The fourth-order valence-corrected chi connectivity index (χ4v) is 3.56. The molecule has 0 spiro atoms. The lowest BCUT2D eigenvalue weighted by atomic mass is 10.1. The molecule has 1 aromatic carbocycles. The maximum atomic E-state index is 12.7. The Hall–Kier alpha value is -1.74. The van der Waals surface area contributed by atoms with Crippen LogP contribution in [0.5, 0.6) is 0 Å². The Labute approximate surface area is 148 Å². The summed E-state index contributed by atoms with van der Waals surface area (Å²) in [6.07, 6.45) is -4.31. The second kappa shape index (κ2) is 7.25. The van der Waals surface area contributed by atoms with E-state index in [0.717, 1.165) is 41.9 Å². The molecule has 1 aliphatic heterocycles. The third kappa shape index (κ3) is 4.09. The van der Waals surface area contributed by atoms with Gasteiger partial charge in [-0.1, -0.05) is 23.9 Å². The number of nitrogens with zero attached hydrogens (tertiary/aromatic N) is 4. The molecule has 0 saturated carbocycles. The van der Waals surface area contributed by atoms with E-state index in [0.29, 0.717) is 13.2 Å². The third-order valence-electron chi connectivity index (χ3n) is 4.10. The number of benzene rings is 1. The summed E-state index contributed by atoms with van der Waals surface area (Å²) >= 11 is 1.47. The zero-order valence-electron chi connectivity index (χ0n) is 14.0. The van der Waals surface area contributed by atoms with Gasteiger partial charge >= 0.3 is 6.18 Å². The van der Waals surface area contributed by atoms with E-state index in [4.69, 9.17) is 4.74 Å². The van der Waals surface area contributed by atoms with E-state index >= 15 is 0 Å². The standard InChI is InChI=1S/C16H19F3N4OS/c1-11(12-3-5-13(6-4-12)16(17,18)19)25-15-21-20-14(22(15)2)23-7-9-24-10-8-23/h3-6,11H,7-10H2,1-2H3. The number of alkyl halides is 3. The maximum Gasteiger partial charge on any atom is 0.416 e. The fraction of sp³-hybridized carbons (Fsp3) is 0.500. The van der Waals surface area contributed by atoms with Crippen molar-refractivity contribution in [3.05, 3.63) is 35.4 Å². The zero-order chi connectivity index (χ0) is 18.0. The molecular weight excluding hydrogens is 353 g/mol. The molecule has 0 bridgehead atoms. The molecule has 2 heterocycles. The average molecular weight is 372 g/mol. The van der Waals surface area contributed by atoms with Gasteiger partial charge < -0.3 is 9.64 Å². The predicted molar refractivity (Wildman–Crippen MR) is 89.8 cm³/mol. The van der Waals surface area contributed by atoms with Gasteiger partial charge in [0.2, 0.25) is 5.95 Å². The highest BCUT2D eigenvalue weighted by atomic mass is 32.2. The highest BCUT2D eigenvalue weighted by molar-refractivity contribution is 7.99. The summed E-state index contributed by atoms with van der Waals surface area (Å²) in [6.45, 7) is 4.81. The number of hydrogen-bond donors (Lipinski definition) is 0. The number of rotatable bonds is 4. The van der Waals surface area contributed by atoms with Crippen molar-refractivity contribution in [1.82, 2.24) is 14.8 Å². The van der Waals surface area contributed by atoms with E-state index in [1.165, 1.54) is 23.9 Å². The Morgan fingerprint density at radius 1 is 1.12 bits per heavy atom. The van der Waals surface area contributed by atoms with Crippen molar-refractivity contribution in [2.24, 2.45) is 7.05 Å². The van der Waals surface area contributed by atoms with Gasteiger partial charge in [-0.15, -0.1) is 10.2 Å². The second-order valence-corrected chi connectivity index (χ2v) is 7.13. The summed E-state index contributed by atoms with van der Waals surface area (Å²) in [5.41, 5.74) is 0.177. The van der Waals surface area contributed by atoms with Gasteiger partial charge in [0.25, 0.3) is 0 Å². The van der Waals surface area contributed by atoms with Crippen molar-refractivity contribution in [3.63, 3.8) is 0 Å². The molecule has 1 aliphatic rings. The minimum absolute atomic E-state index is 0.0391. The first-order chi connectivity index (χ1) is 11.9. The summed E-state index contributed by atoms with van der Waals surface area (Å²) in [5, 5.41) is 9.16. The zero-order valence-corrected chi connectivity index (χ0v) is 14.8. The Balaban J connectivity index is 1.70. The second-order valence-electron chi connectivity index (χ2n) is 5.82. The summed E-state index contributed by atoms with van der Waals surface area (Å²) in [4.78, 5) is 2.11. The van der Waals surface area contributed by atoms with E-state index in [1.54, 1.807) is 0 Å². The van der Waals surface area contributed by atoms with Crippen molar-refractivity contribution in [1.29, 1.82) is 0 Å².